The number of carbonyl (C=O) groups excluding carboxylic acids is 1. The highest BCUT2D eigenvalue weighted by atomic mass is 79.9. The highest BCUT2D eigenvalue weighted by Gasteiger charge is 2.35. The average molecular weight is 351 g/mol. The maximum atomic E-state index is 12.9. The van der Waals surface area contributed by atoms with Crippen LogP contribution >= 0.6 is 15.9 Å². The second kappa shape index (κ2) is 6.49. The van der Waals surface area contributed by atoms with Gasteiger partial charge in [0.1, 0.15) is 0 Å². The van der Waals surface area contributed by atoms with E-state index in [4.69, 9.17) is 0 Å². The highest BCUT2D eigenvalue weighted by molar-refractivity contribution is 9.10. The Balaban J connectivity index is 1.75. The summed E-state index contributed by atoms with van der Waals surface area (Å²) in [5.74, 6) is 0.882. The first-order chi connectivity index (χ1) is 10.1. The van der Waals surface area contributed by atoms with E-state index in [1.54, 1.807) is 0 Å². The zero-order chi connectivity index (χ0) is 14.8. The SMILES string of the molecule is Cc1cc(Br)ccc1C(=O)N(CC1CCNCC1)C1CC1. The van der Waals surface area contributed by atoms with Gasteiger partial charge in [0.2, 0.25) is 0 Å². The average Bonchev–Trinajstić information content (AvgIpc) is 3.30. The first-order valence-corrected chi connectivity index (χ1v) is 8.72. The molecular weight excluding hydrogens is 328 g/mol. The molecule has 0 atom stereocenters. The Bertz CT molecular complexity index is 522. The lowest BCUT2D eigenvalue weighted by Crippen LogP contribution is -2.40. The normalized spacial score (nSPS) is 19.5. The smallest absolute Gasteiger partial charge is 0.254 e. The minimum atomic E-state index is 0.223. The van der Waals surface area contributed by atoms with Crippen LogP contribution in [0.5, 0.6) is 0 Å². The highest BCUT2D eigenvalue weighted by Crippen LogP contribution is 2.31. The lowest BCUT2D eigenvalue weighted by atomic mass is 9.97. The summed E-state index contributed by atoms with van der Waals surface area (Å²) in [6, 6.07) is 6.44. The molecule has 2 aliphatic rings. The molecule has 1 saturated carbocycles. The lowest BCUT2D eigenvalue weighted by molar-refractivity contribution is 0.0701. The third-order valence-electron chi connectivity index (χ3n) is 4.58. The van der Waals surface area contributed by atoms with Gasteiger partial charge in [-0.1, -0.05) is 15.9 Å². The maximum Gasteiger partial charge on any atom is 0.254 e. The fourth-order valence-electron chi connectivity index (χ4n) is 3.15. The molecule has 1 N–H and O–H groups in total. The first-order valence-electron chi connectivity index (χ1n) is 7.93. The summed E-state index contributed by atoms with van der Waals surface area (Å²) in [6.07, 6.45) is 4.73. The van der Waals surface area contributed by atoms with Gasteiger partial charge in [-0.05, 0) is 75.4 Å². The molecule has 21 heavy (non-hydrogen) atoms. The van der Waals surface area contributed by atoms with Crippen molar-refractivity contribution in [3.05, 3.63) is 33.8 Å². The summed E-state index contributed by atoms with van der Waals surface area (Å²) < 4.78 is 1.04. The summed E-state index contributed by atoms with van der Waals surface area (Å²) in [5.41, 5.74) is 1.92. The molecule has 0 spiro atoms. The number of benzene rings is 1. The van der Waals surface area contributed by atoms with Crippen molar-refractivity contribution in [3.63, 3.8) is 0 Å². The Morgan fingerprint density at radius 1 is 1.29 bits per heavy atom. The van der Waals surface area contributed by atoms with E-state index < -0.39 is 0 Å². The van der Waals surface area contributed by atoms with E-state index in [1.165, 1.54) is 25.7 Å². The Labute approximate surface area is 135 Å². The number of halogens is 1. The molecule has 4 heteroatoms. The minimum absolute atomic E-state index is 0.223. The van der Waals surface area contributed by atoms with Crippen molar-refractivity contribution in [2.75, 3.05) is 19.6 Å². The molecular formula is C17H23BrN2O. The van der Waals surface area contributed by atoms with E-state index in [-0.39, 0.29) is 5.91 Å². The second-order valence-corrected chi connectivity index (χ2v) is 7.26. The van der Waals surface area contributed by atoms with E-state index in [1.807, 2.05) is 25.1 Å². The van der Waals surface area contributed by atoms with Crippen molar-refractivity contribution in [1.82, 2.24) is 10.2 Å². The minimum Gasteiger partial charge on any atom is -0.335 e. The zero-order valence-electron chi connectivity index (χ0n) is 12.6. The maximum absolute atomic E-state index is 12.9. The number of hydrogen-bond acceptors (Lipinski definition) is 2. The Kier molecular flexibility index (Phi) is 4.65. The molecule has 0 radical (unpaired) electrons. The summed E-state index contributed by atoms with van der Waals surface area (Å²) in [4.78, 5) is 15.1. The summed E-state index contributed by atoms with van der Waals surface area (Å²) >= 11 is 3.47. The number of aryl methyl sites for hydroxylation is 1. The molecule has 1 aliphatic heterocycles. The van der Waals surface area contributed by atoms with Crippen LogP contribution < -0.4 is 5.32 Å². The molecule has 1 aromatic carbocycles. The topological polar surface area (TPSA) is 32.3 Å². The third-order valence-corrected chi connectivity index (χ3v) is 5.07. The fraction of sp³-hybridized carbons (Fsp3) is 0.588. The predicted molar refractivity (Wildman–Crippen MR) is 88.5 cm³/mol. The number of piperidine rings is 1. The van der Waals surface area contributed by atoms with Crippen LogP contribution in [0.25, 0.3) is 0 Å². The van der Waals surface area contributed by atoms with Crippen molar-refractivity contribution in [3.8, 4) is 0 Å². The van der Waals surface area contributed by atoms with Crippen LogP contribution in [-0.4, -0.2) is 36.5 Å². The van der Waals surface area contributed by atoms with E-state index in [9.17, 15) is 4.79 Å². The van der Waals surface area contributed by atoms with Crippen LogP contribution in [0, 0.1) is 12.8 Å². The number of amides is 1. The number of carbonyl (C=O) groups is 1. The molecule has 2 fully saturated rings. The van der Waals surface area contributed by atoms with Gasteiger partial charge in [0.05, 0.1) is 0 Å². The molecule has 1 aliphatic carbocycles. The van der Waals surface area contributed by atoms with Gasteiger partial charge in [0.15, 0.2) is 0 Å². The standard InChI is InChI=1S/C17H23BrN2O/c1-12-10-14(18)2-5-16(12)17(21)20(15-3-4-15)11-13-6-8-19-9-7-13/h2,5,10,13,15,19H,3-4,6-9,11H2,1H3. The number of hydrogen-bond donors (Lipinski definition) is 1. The number of nitrogens with zero attached hydrogens (tertiary/aromatic N) is 1. The molecule has 3 nitrogen and oxygen atoms in total. The molecule has 1 heterocycles. The Hall–Kier alpha value is -0.870. The van der Waals surface area contributed by atoms with Gasteiger partial charge in [-0.15, -0.1) is 0 Å². The van der Waals surface area contributed by atoms with Crippen LogP contribution in [-0.2, 0) is 0 Å². The van der Waals surface area contributed by atoms with Crippen molar-refractivity contribution < 1.29 is 4.79 Å². The van der Waals surface area contributed by atoms with Gasteiger partial charge in [-0.3, -0.25) is 4.79 Å². The number of nitrogens with one attached hydrogen (secondary N) is 1. The Morgan fingerprint density at radius 3 is 2.62 bits per heavy atom. The van der Waals surface area contributed by atoms with Crippen LogP contribution in [0.3, 0.4) is 0 Å². The van der Waals surface area contributed by atoms with Gasteiger partial charge < -0.3 is 10.2 Å². The van der Waals surface area contributed by atoms with Gasteiger partial charge >= 0.3 is 0 Å². The Morgan fingerprint density at radius 2 is 2.00 bits per heavy atom. The monoisotopic (exact) mass is 350 g/mol. The summed E-state index contributed by atoms with van der Waals surface area (Å²) in [5, 5.41) is 3.40. The van der Waals surface area contributed by atoms with Crippen LogP contribution in [0.4, 0.5) is 0 Å². The molecule has 1 aromatic rings. The van der Waals surface area contributed by atoms with E-state index >= 15 is 0 Å². The first kappa shape index (κ1) is 15.0. The molecule has 3 rings (SSSR count). The zero-order valence-corrected chi connectivity index (χ0v) is 14.2. The van der Waals surface area contributed by atoms with Gasteiger partial charge in [-0.2, -0.15) is 0 Å². The van der Waals surface area contributed by atoms with Crippen molar-refractivity contribution in [2.24, 2.45) is 5.92 Å². The van der Waals surface area contributed by atoms with Crippen LogP contribution in [0.1, 0.15) is 41.6 Å². The molecule has 114 valence electrons. The van der Waals surface area contributed by atoms with E-state index in [0.717, 1.165) is 35.2 Å². The fourth-order valence-corrected chi connectivity index (χ4v) is 3.62. The lowest BCUT2D eigenvalue weighted by Gasteiger charge is -2.30. The predicted octanol–water partition coefficient (Wildman–Crippen LogP) is 3.36. The van der Waals surface area contributed by atoms with Gasteiger partial charge in [0, 0.05) is 22.6 Å². The van der Waals surface area contributed by atoms with Crippen molar-refractivity contribution in [2.45, 2.75) is 38.6 Å². The summed E-state index contributed by atoms with van der Waals surface area (Å²) in [7, 11) is 0. The molecule has 0 unspecified atom stereocenters. The van der Waals surface area contributed by atoms with Crippen LogP contribution in [0.15, 0.2) is 22.7 Å². The molecule has 0 aromatic heterocycles. The second-order valence-electron chi connectivity index (χ2n) is 6.34. The summed E-state index contributed by atoms with van der Waals surface area (Å²) in [6.45, 7) is 5.14. The van der Waals surface area contributed by atoms with Crippen molar-refractivity contribution >= 4 is 21.8 Å². The quantitative estimate of drug-likeness (QED) is 0.902. The molecule has 1 saturated heterocycles. The number of rotatable bonds is 4. The van der Waals surface area contributed by atoms with Crippen LogP contribution in [0.2, 0.25) is 0 Å². The molecule has 0 bridgehead atoms. The van der Waals surface area contributed by atoms with E-state index in [2.05, 4.69) is 26.1 Å². The van der Waals surface area contributed by atoms with Gasteiger partial charge in [-0.25, -0.2) is 0 Å². The largest absolute Gasteiger partial charge is 0.335 e. The third kappa shape index (κ3) is 3.67. The molecule has 1 amide bonds. The van der Waals surface area contributed by atoms with Gasteiger partial charge in [0.25, 0.3) is 5.91 Å². The van der Waals surface area contributed by atoms with Crippen molar-refractivity contribution in [1.29, 1.82) is 0 Å². The van der Waals surface area contributed by atoms with E-state index in [0.29, 0.717) is 12.0 Å².